The Labute approximate surface area is 108 Å². The zero-order chi connectivity index (χ0) is 13.3. The lowest BCUT2D eigenvalue weighted by Crippen LogP contribution is -2.53. The summed E-state index contributed by atoms with van der Waals surface area (Å²) in [6, 6.07) is -0.233. The summed E-state index contributed by atoms with van der Waals surface area (Å²) >= 11 is 0. The summed E-state index contributed by atoms with van der Waals surface area (Å²) in [6.45, 7) is 4.57. The first-order chi connectivity index (χ1) is 8.52. The number of carbonyl (C=O) groups excluding carboxylic acids is 2. The molecule has 5 nitrogen and oxygen atoms in total. The molecule has 2 aliphatic rings. The molecule has 2 saturated heterocycles. The van der Waals surface area contributed by atoms with Crippen LogP contribution in [-0.4, -0.2) is 61.4 Å². The van der Waals surface area contributed by atoms with Crippen LogP contribution in [0.1, 0.15) is 19.8 Å². The zero-order valence-electron chi connectivity index (χ0n) is 11.5. The van der Waals surface area contributed by atoms with Gasteiger partial charge in [-0.2, -0.15) is 0 Å². The highest BCUT2D eigenvalue weighted by molar-refractivity contribution is 5.89. The molecule has 0 bridgehead atoms. The van der Waals surface area contributed by atoms with E-state index in [1.807, 2.05) is 6.92 Å². The van der Waals surface area contributed by atoms with E-state index in [9.17, 15) is 9.59 Å². The monoisotopic (exact) mass is 253 g/mol. The molecule has 0 aliphatic carbocycles. The summed E-state index contributed by atoms with van der Waals surface area (Å²) in [5.41, 5.74) is 0. The van der Waals surface area contributed by atoms with Crippen molar-refractivity contribution in [2.24, 2.45) is 11.8 Å². The Morgan fingerprint density at radius 2 is 2.00 bits per heavy atom. The van der Waals surface area contributed by atoms with E-state index >= 15 is 0 Å². The smallest absolute Gasteiger partial charge is 0.244 e. The zero-order valence-corrected chi connectivity index (χ0v) is 11.5. The lowest BCUT2D eigenvalue weighted by molar-refractivity contribution is -0.145. The maximum atomic E-state index is 12.4. The number of hydrogen-bond donors (Lipinski definition) is 1. The molecule has 2 atom stereocenters. The van der Waals surface area contributed by atoms with Gasteiger partial charge in [0.25, 0.3) is 0 Å². The van der Waals surface area contributed by atoms with Gasteiger partial charge >= 0.3 is 0 Å². The molecule has 1 N–H and O–H groups in total. The number of likely N-dealkylation sites (tertiary alicyclic amines) is 1. The molecule has 2 aliphatic heterocycles. The summed E-state index contributed by atoms with van der Waals surface area (Å²) in [5.74, 6) is 0.675. The van der Waals surface area contributed by atoms with Gasteiger partial charge in [-0.25, -0.2) is 0 Å². The number of nitrogens with one attached hydrogen (secondary N) is 1. The van der Waals surface area contributed by atoms with Crippen LogP contribution in [0, 0.1) is 11.8 Å². The fraction of sp³-hybridized carbons (Fsp3) is 0.846. The highest BCUT2D eigenvalue weighted by atomic mass is 16.2. The van der Waals surface area contributed by atoms with Gasteiger partial charge in [0.1, 0.15) is 6.04 Å². The molecule has 0 radical (unpaired) electrons. The maximum Gasteiger partial charge on any atom is 0.244 e. The van der Waals surface area contributed by atoms with Crippen LogP contribution in [0.3, 0.4) is 0 Å². The fourth-order valence-electron chi connectivity index (χ4n) is 2.71. The highest BCUT2D eigenvalue weighted by Gasteiger charge is 2.39. The average Bonchev–Trinajstić information content (AvgIpc) is 2.72. The molecule has 2 rings (SSSR count). The standard InChI is InChI=1S/C13H23N3O2/c1-9(10-7-14-8-10)12(17)16-6-4-5-11(16)13(18)15(2)3/h9-11,14H,4-8H2,1-3H3. The van der Waals surface area contributed by atoms with E-state index < -0.39 is 0 Å². The summed E-state index contributed by atoms with van der Waals surface area (Å²) in [4.78, 5) is 27.9. The van der Waals surface area contributed by atoms with Crippen molar-refractivity contribution in [2.75, 3.05) is 33.7 Å². The first kappa shape index (κ1) is 13.3. The average molecular weight is 253 g/mol. The summed E-state index contributed by atoms with van der Waals surface area (Å²) in [6.07, 6.45) is 1.74. The summed E-state index contributed by atoms with van der Waals surface area (Å²) in [5, 5.41) is 3.19. The molecular weight excluding hydrogens is 230 g/mol. The van der Waals surface area contributed by atoms with Crippen molar-refractivity contribution in [3.8, 4) is 0 Å². The molecule has 0 aromatic heterocycles. The Morgan fingerprint density at radius 1 is 1.33 bits per heavy atom. The van der Waals surface area contributed by atoms with Crippen LogP contribution in [-0.2, 0) is 9.59 Å². The molecule has 2 fully saturated rings. The molecule has 2 heterocycles. The predicted octanol–water partition coefficient (Wildman–Crippen LogP) is -0.0789. The molecule has 102 valence electrons. The van der Waals surface area contributed by atoms with Gasteiger partial charge in [0.2, 0.25) is 11.8 Å². The van der Waals surface area contributed by atoms with Crippen LogP contribution in [0.4, 0.5) is 0 Å². The Bertz CT molecular complexity index is 339. The van der Waals surface area contributed by atoms with Gasteiger partial charge in [-0.05, 0) is 31.8 Å². The largest absolute Gasteiger partial charge is 0.347 e. The molecular formula is C13H23N3O2. The molecule has 5 heteroatoms. The first-order valence-corrected chi connectivity index (χ1v) is 6.74. The van der Waals surface area contributed by atoms with Crippen molar-refractivity contribution in [3.05, 3.63) is 0 Å². The third-order valence-corrected chi connectivity index (χ3v) is 4.17. The quantitative estimate of drug-likeness (QED) is 0.765. The minimum absolute atomic E-state index is 0.0295. The number of hydrogen-bond acceptors (Lipinski definition) is 3. The Hall–Kier alpha value is -1.10. The van der Waals surface area contributed by atoms with Crippen molar-refractivity contribution in [2.45, 2.75) is 25.8 Å². The molecule has 0 aromatic rings. The van der Waals surface area contributed by atoms with Crippen molar-refractivity contribution in [3.63, 3.8) is 0 Å². The SMILES string of the molecule is CC(C(=O)N1CCCC1C(=O)N(C)C)C1CNC1. The fourth-order valence-corrected chi connectivity index (χ4v) is 2.71. The number of amides is 2. The van der Waals surface area contributed by atoms with E-state index in [1.165, 1.54) is 0 Å². The number of nitrogens with zero attached hydrogens (tertiary/aromatic N) is 2. The van der Waals surface area contributed by atoms with Crippen LogP contribution in [0.5, 0.6) is 0 Å². The van der Waals surface area contributed by atoms with Crippen molar-refractivity contribution in [1.82, 2.24) is 15.1 Å². The van der Waals surface area contributed by atoms with Gasteiger partial charge in [-0.15, -0.1) is 0 Å². The molecule has 0 saturated carbocycles. The van der Waals surface area contributed by atoms with Crippen LogP contribution in [0.2, 0.25) is 0 Å². The maximum absolute atomic E-state index is 12.4. The lowest BCUT2D eigenvalue weighted by Gasteiger charge is -2.35. The Morgan fingerprint density at radius 3 is 2.50 bits per heavy atom. The second-order valence-electron chi connectivity index (χ2n) is 5.63. The second kappa shape index (κ2) is 5.26. The van der Waals surface area contributed by atoms with Gasteiger partial charge in [-0.3, -0.25) is 9.59 Å². The van der Waals surface area contributed by atoms with E-state index in [1.54, 1.807) is 23.9 Å². The normalized spacial score (nSPS) is 25.7. The molecule has 18 heavy (non-hydrogen) atoms. The highest BCUT2D eigenvalue weighted by Crippen LogP contribution is 2.25. The van der Waals surface area contributed by atoms with Crippen LogP contribution in [0.25, 0.3) is 0 Å². The van der Waals surface area contributed by atoms with E-state index in [0.29, 0.717) is 5.92 Å². The van der Waals surface area contributed by atoms with Gasteiger partial charge in [0.05, 0.1) is 0 Å². The minimum Gasteiger partial charge on any atom is -0.347 e. The minimum atomic E-state index is -0.233. The van der Waals surface area contributed by atoms with Gasteiger partial charge in [0.15, 0.2) is 0 Å². The Balaban J connectivity index is 2.01. The van der Waals surface area contributed by atoms with Crippen LogP contribution < -0.4 is 5.32 Å². The topological polar surface area (TPSA) is 52.7 Å². The van der Waals surface area contributed by atoms with Gasteiger partial charge in [-0.1, -0.05) is 6.92 Å². The third-order valence-electron chi connectivity index (χ3n) is 4.17. The van der Waals surface area contributed by atoms with Crippen molar-refractivity contribution < 1.29 is 9.59 Å². The van der Waals surface area contributed by atoms with Gasteiger partial charge in [0, 0.05) is 26.6 Å². The molecule has 0 spiro atoms. The second-order valence-corrected chi connectivity index (χ2v) is 5.63. The summed E-state index contributed by atoms with van der Waals surface area (Å²) < 4.78 is 0. The van der Waals surface area contributed by atoms with Crippen LogP contribution >= 0.6 is 0 Å². The van der Waals surface area contributed by atoms with E-state index in [2.05, 4.69) is 5.32 Å². The number of likely N-dealkylation sites (N-methyl/N-ethyl adjacent to an activating group) is 1. The lowest BCUT2D eigenvalue weighted by atomic mass is 9.88. The predicted molar refractivity (Wildman–Crippen MR) is 69.0 cm³/mol. The van der Waals surface area contributed by atoms with Crippen LogP contribution in [0.15, 0.2) is 0 Å². The summed E-state index contributed by atoms with van der Waals surface area (Å²) in [7, 11) is 3.51. The molecule has 0 aromatic carbocycles. The molecule has 2 unspecified atom stereocenters. The third kappa shape index (κ3) is 2.36. The number of rotatable bonds is 3. The van der Waals surface area contributed by atoms with E-state index in [-0.39, 0.29) is 23.8 Å². The van der Waals surface area contributed by atoms with E-state index in [4.69, 9.17) is 0 Å². The van der Waals surface area contributed by atoms with E-state index in [0.717, 1.165) is 32.5 Å². The van der Waals surface area contributed by atoms with Crippen molar-refractivity contribution in [1.29, 1.82) is 0 Å². The number of carbonyl (C=O) groups is 2. The van der Waals surface area contributed by atoms with Gasteiger partial charge < -0.3 is 15.1 Å². The first-order valence-electron chi connectivity index (χ1n) is 6.74. The molecule has 2 amide bonds. The Kier molecular flexibility index (Phi) is 3.90. The van der Waals surface area contributed by atoms with Crippen molar-refractivity contribution >= 4 is 11.8 Å².